The minimum absolute atomic E-state index is 0.750. The Morgan fingerprint density at radius 1 is 0.717 bits per heavy atom. The van der Waals surface area contributed by atoms with Crippen LogP contribution in [0.5, 0.6) is 0 Å². The Labute approximate surface area is 274 Å². The third-order valence-electron chi connectivity index (χ3n) is 8.37. The second kappa shape index (κ2) is 14.1. The van der Waals surface area contributed by atoms with Crippen LogP contribution in [0.15, 0.2) is 158 Å². The largest absolute Gasteiger partial charge is 0.388 e. The first-order chi connectivity index (χ1) is 22.5. The van der Waals surface area contributed by atoms with E-state index < -0.39 is 0 Å². The number of anilines is 3. The van der Waals surface area contributed by atoms with Crippen LogP contribution in [-0.4, -0.2) is 14.9 Å². The number of nitrogens with one attached hydrogen (secondary N) is 2. The summed E-state index contributed by atoms with van der Waals surface area (Å²) in [6.07, 6.45) is 7.19. The first kappa shape index (κ1) is 30.5. The molecule has 0 saturated carbocycles. The van der Waals surface area contributed by atoms with Crippen LogP contribution >= 0.6 is 0 Å². The molecule has 0 fully saturated rings. The summed E-state index contributed by atoms with van der Waals surface area (Å²) >= 11 is 0. The summed E-state index contributed by atoms with van der Waals surface area (Å²) in [6.45, 7) is 6.17. The van der Waals surface area contributed by atoms with Crippen LogP contribution in [0.25, 0.3) is 33.5 Å². The molecule has 2 nitrogen and oxygen atoms in total. The molecule has 46 heavy (non-hydrogen) atoms. The van der Waals surface area contributed by atoms with Gasteiger partial charge >= 0.3 is 0 Å². The summed E-state index contributed by atoms with van der Waals surface area (Å²) in [5.41, 5.74) is 13.0. The Kier molecular flexibility index (Phi) is 9.31. The van der Waals surface area contributed by atoms with Crippen molar-refractivity contribution >= 4 is 52.8 Å². The van der Waals surface area contributed by atoms with Gasteiger partial charge in [-0.25, -0.2) is 0 Å². The zero-order valence-electron chi connectivity index (χ0n) is 26.4. The van der Waals surface area contributed by atoms with Gasteiger partial charge in [0.25, 0.3) is 0 Å². The van der Waals surface area contributed by atoms with Crippen LogP contribution in [0.1, 0.15) is 29.2 Å². The van der Waals surface area contributed by atoms with Gasteiger partial charge in [0.1, 0.15) is 7.85 Å². The molecule has 0 bridgehead atoms. The van der Waals surface area contributed by atoms with E-state index in [0.29, 0.717) is 0 Å². The van der Waals surface area contributed by atoms with Crippen molar-refractivity contribution in [1.82, 2.24) is 0 Å². The van der Waals surface area contributed by atoms with Gasteiger partial charge in [0.15, 0.2) is 0 Å². The summed E-state index contributed by atoms with van der Waals surface area (Å²) in [6, 6.07) is 46.8. The van der Waals surface area contributed by atoms with Gasteiger partial charge in [-0.1, -0.05) is 145 Å². The van der Waals surface area contributed by atoms with Crippen molar-refractivity contribution in [3.05, 3.63) is 180 Å². The number of hydrogen-bond acceptors (Lipinski definition) is 2. The smallest absolute Gasteiger partial charge is 0.116 e. The van der Waals surface area contributed by atoms with E-state index in [-0.39, 0.29) is 0 Å². The second-order valence-electron chi connectivity index (χ2n) is 11.5. The molecule has 0 spiro atoms. The summed E-state index contributed by atoms with van der Waals surface area (Å²) in [7, 11) is 8.25. The molecule has 0 saturated heterocycles. The van der Waals surface area contributed by atoms with E-state index in [1.54, 1.807) is 0 Å². The van der Waals surface area contributed by atoms with E-state index in [1.807, 2.05) is 31.3 Å². The molecular formula is C43H37BN2. The summed E-state index contributed by atoms with van der Waals surface area (Å²) in [5, 5.41) is 9.42. The van der Waals surface area contributed by atoms with Crippen molar-refractivity contribution in [2.24, 2.45) is 0 Å². The van der Waals surface area contributed by atoms with Crippen LogP contribution in [0, 0.1) is 0 Å². The quantitative estimate of drug-likeness (QED) is 0.0940. The summed E-state index contributed by atoms with van der Waals surface area (Å²) in [5.74, 6) is 0. The normalized spacial score (nSPS) is 11.8. The molecule has 6 aromatic carbocycles. The Bertz CT molecular complexity index is 2050. The molecule has 0 aromatic heterocycles. The molecule has 0 amide bonds. The van der Waals surface area contributed by atoms with E-state index in [9.17, 15) is 0 Å². The molecule has 0 heterocycles. The molecule has 0 unspecified atom stereocenters. The highest BCUT2D eigenvalue weighted by molar-refractivity contribution is 6.36. The molecule has 6 rings (SSSR count). The first-order valence-corrected chi connectivity index (χ1v) is 15.6. The van der Waals surface area contributed by atoms with Gasteiger partial charge in [0.05, 0.1) is 0 Å². The molecule has 222 valence electrons. The minimum atomic E-state index is 0.750. The predicted octanol–water partition coefficient (Wildman–Crippen LogP) is 10.3. The molecule has 0 aliphatic heterocycles. The average Bonchev–Trinajstić information content (AvgIpc) is 3.09. The molecule has 2 N–H and O–H groups in total. The highest BCUT2D eigenvalue weighted by Gasteiger charge is 2.14. The zero-order valence-corrected chi connectivity index (χ0v) is 26.4. The molecule has 6 aromatic rings. The van der Waals surface area contributed by atoms with Crippen molar-refractivity contribution in [2.75, 3.05) is 17.7 Å². The summed E-state index contributed by atoms with van der Waals surface area (Å²) < 4.78 is 0. The van der Waals surface area contributed by atoms with Gasteiger partial charge in [-0.15, -0.1) is 0 Å². The van der Waals surface area contributed by atoms with E-state index >= 15 is 0 Å². The number of allylic oxidation sites excluding steroid dienone is 4. The maximum atomic E-state index is 6.32. The van der Waals surface area contributed by atoms with E-state index in [2.05, 4.69) is 152 Å². The SMILES string of the molecule is [B]c1cccc(Cc2ccccc2/C=C(\C=C(\C)C=C)c2c(Nc3ccc(-c4ccccc4)cc3)ccc3ccccc23)c1NC. The lowest BCUT2D eigenvalue weighted by Gasteiger charge is -2.18. The number of hydrogen-bond donors (Lipinski definition) is 2. The maximum Gasteiger partial charge on any atom is 0.116 e. The fourth-order valence-corrected chi connectivity index (χ4v) is 5.99. The predicted molar refractivity (Wildman–Crippen MR) is 202 cm³/mol. The first-order valence-electron chi connectivity index (χ1n) is 15.6. The van der Waals surface area contributed by atoms with Crippen LogP contribution in [-0.2, 0) is 6.42 Å². The standard InChI is InChI=1S/C43H37BN2/c1-4-30(2)27-37(29-35-17-9-8-16-34(35)28-36-18-12-20-40(44)43(36)45-3)42-39-19-11-10-15-33(39)23-26-41(42)46-38-24-21-32(22-25-38)31-13-6-5-7-14-31/h4-27,29,45-46H,1,28H2,2-3H3/b30-27-,37-29+. The van der Waals surface area contributed by atoms with Crippen LogP contribution in [0.3, 0.4) is 0 Å². The Morgan fingerprint density at radius 2 is 1.41 bits per heavy atom. The lowest BCUT2D eigenvalue weighted by atomic mass is 9.88. The Hall–Kier alpha value is -5.54. The molecular weight excluding hydrogens is 555 g/mol. The van der Waals surface area contributed by atoms with Gasteiger partial charge in [0.2, 0.25) is 0 Å². The zero-order chi connectivity index (χ0) is 31.9. The lowest BCUT2D eigenvalue weighted by molar-refractivity contribution is 1.18. The van der Waals surface area contributed by atoms with Gasteiger partial charge in [-0.05, 0) is 75.4 Å². The van der Waals surface area contributed by atoms with Crippen LogP contribution in [0.2, 0.25) is 0 Å². The summed E-state index contributed by atoms with van der Waals surface area (Å²) in [4.78, 5) is 0. The van der Waals surface area contributed by atoms with Gasteiger partial charge in [-0.3, -0.25) is 0 Å². The number of benzene rings is 6. The average molecular weight is 593 g/mol. The lowest BCUT2D eigenvalue weighted by Crippen LogP contribution is -2.12. The molecule has 0 aliphatic carbocycles. The fraction of sp³-hybridized carbons (Fsp3) is 0.0698. The van der Waals surface area contributed by atoms with Gasteiger partial charge < -0.3 is 10.6 Å². The second-order valence-corrected chi connectivity index (χ2v) is 11.5. The van der Waals surface area contributed by atoms with Crippen LogP contribution in [0.4, 0.5) is 17.1 Å². The van der Waals surface area contributed by atoms with Gasteiger partial charge in [-0.2, -0.15) is 0 Å². The van der Waals surface area contributed by atoms with Crippen molar-refractivity contribution < 1.29 is 0 Å². The fourth-order valence-electron chi connectivity index (χ4n) is 5.99. The van der Waals surface area contributed by atoms with E-state index in [4.69, 9.17) is 7.85 Å². The molecule has 0 atom stereocenters. The minimum Gasteiger partial charge on any atom is -0.388 e. The van der Waals surface area contributed by atoms with Crippen molar-refractivity contribution in [2.45, 2.75) is 13.3 Å². The number of fused-ring (bicyclic) bond motifs is 1. The maximum absolute atomic E-state index is 6.32. The van der Waals surface area contributed by atoms with Gasteiger partial charge in [0, 0.05) is 36.1 Å². The van der Waals surface area contributed by atoms with E-state index in [0.717, 1.165) is 56.8 Å². The van der Waals surface area contributed by atoms with Crippen LogP contribution < -0.4 is 16.1 Å². The van der Waals surface area contributed by atoms with Crippen molar-refractivity contribution in [3.63, 3.8) is 0 Å². The third kappa shape index (κ3) is 6.75. The third-order valence-corrected chi connectivity index (χ3v) is 8.37. The van der Waals surface area contributed by atoms with E-state index in [1.165, 1.54) is 27.5 Å². The molecule has 3 heteroatoms. The van der Waals surface area contributed by atoms with Crippen molar-refractivity contribution in [3.8, 4) is 11.1 Å². The molecule has 2 radical (unpaired) electrons. The Morgan fingerprint density at radius 3 is 2.20 bits per heavy atom. The highest BCUT2D eigenvalue weighted by atomic mass is 14.9. The highest BCUT2D eigenvalue weighted by Crippen LogP contribution is 2.37. The molecule has 0 aliphatic rings. The number of para-hydroxylation sites is 1. The topological polar surface area (TPSA) is 24.1 Å². The monoisotopic (exact) mass is 592 g/mol. The number of rotatable bonds is 10. The Balaban J connectivity index is 1.48. The van der Waals surface area contributed by atoms with Crippen molar-refractivity contribution in [1.29, 1.82) is 0 Å².